The van der Waals surface area contributed by atoms with Crippen molar-refractivity contribution < 1.29 is 62.1 Å². The van der Waals surface area contributed by atoms with Gasteiger partial charge in [-0.3, -0.25) is 0 Å². The van der Waals surface area contributed by atoms with E-state index in [0.717, 1.165) is 0 Å². The van der Waals surface area contributed by atoms with Gasteiger partial charge in [0, 0.05) is 0 Å². The van der Waals surface area contributed by atoms with Gasteiger partial charge in [-0.2, -0.15) is 0 Å². The zero-order chi connectivity index (χ0) is 0. The molecule has 0 saturated heterocycles. The molecule has 0 aromatic heterocycles. The summed E-state index contributed by atoms with van der Waals surface area (Å²) in [5, 5.41) is 0. The fourth-order valence-electron chi connectivity index (χ4n) is 0. The van der Waals surface area contributed by atoms with Gasteiger partial charge in [0.2, 0.25) is 0 Å². The van der Waals surface area contributed by atoms with Crippen LogP contribution in [-0.2, 0) is 62.1 Å². The summed E-state index contributed by atoms with van der Waals surface area (Å²) < 4.78 is 0. The molecule has 44 valence electrons. The van der Waals surface area contributed by atoms with Crippen molar-refractivity contribution in [3.05, 3.63) is 0 Å². The smallest absolute Gasteiger partial charge is 2.00 e. The number of hydrogen-bond donors (Lipinski definition) is 0. The second kappa shape index (κ2) is 104. The van der Waals surface area contributed by atoms with E-state index in [2.05, 4.69) is 0 Å². The maximum absolute atomic E-state index is 0. The first-order valence-corrected chi connectivity index (χ1v) is 0. The Morgan fingerprint density at radius 2 is 0.429 bits per heavy atom. The molecule has 0 heterocycles. The first kappa shape index (κ1) is 153. The van der Waals surface area contributed by atoms with Gasteiger partial charge < -0.3 is 21.9 Å². The Kier molecular flexibility index (Phi) is 2280. The third kappa shape index (κ3) is 76.0. The maximum Gasteiger partial charge on any atom is 3.00 e. The summed E-state index contributed by atoms with van der Waals surface area (Å²) >= 11 is 0. The van der Waals surface area contributed by atoms with Gasteiger partial charge >= 0.3 is 63.3 Å². The van der Waals surface area contributed by atoms with Crippen molar-refractivity contribution in [2.24, 2.45) is 0 Å². The van der Waals surface area contributed by atoms with E-state index in [9.17, 15) is 0 Å². The summed E-state index contributed by atoms with van der Waals surface area (Å²) in [6.07, 6.45) is 0. The van der Waals surface area contributed by atoms with Crippen molar-refractivity contribution in [2.75, 3.05) is 0 Å². The van der Waals surface area contributed by atoms with Crippen LogP contribution in [0.1, 0.15) is 0 Å². The predicted octanol–water partition coefficient (Wildman–Crippen LogP) is -0.861. The van der Waals surface area contributed by atoms with E-state index in [1.807, 2.05) is 0 Å². The molecule has 0 radical (unpaired) electrons. The molecule has 0 rings (SSSR count). The summed E-state index contributed by atoms with van der Waals surface area (Å²) in [6.45, 7) is 0. The van der Waals surface area contributed by atoms with Gasteiger partial charge in [0.05, 0.1) is 0 Å². The topological polar surface area (TPSA) is 114 Å². The van der Waals surface area contributed by atoms with E-state index in [-0.39, 0.29) is 85.2 Å². The molecule has 0 atom stereocenters. The molecule has 0 aromatic rings. The normalized spacial score (nSPS) is 0. The van der Waals surface area contributed by atoms with Gasteiger partial charge in [-0.05, 0) is 0 Å². The van der Waals surface area contributed by atoms with Crippen LogP contribution in [-0.4, -0.2) is 23.1 Å². The van der Waals surface area contributed by atoms with Crippen LogP contribution in [0.3, 0.4) is 0 Å². The van der Waals surface area contributed by atoms with E-state index in [4.69, 9.17) is 0 Å². The monoisotopic (exact) mass is 474 g/mol. The van der Waals surface area contributed by atoms with Gasteiger partial charge in [-0.1, -0.05) is 0 Å². The standard InChI is InChI=1S/2Ir.Mg.4O/q2*+3;+2;4*-2. The van der Waals surface area contributed by atoms with Crippen molar-refractivity contribution in [2.45, 2.75) is 0 Å². The molecular formula is Ir2MgO4. The van der Waals surface area contributed by atoms with Crippen molar-refractivity contribution >= 4 is 23.1 Å². The fourth-order valence-corrected chi connectivity index (χ4v) is 0. The van der Waals surface area contributed by atoms with Crippen molar-refractivity contribution in [1.29, 1.82) is 0 Å². The second-order valence-corrected chi connectivity index (χ2v) is 0. The summed E-state index contributed by atoms with van der Waals surface area (Å²) in [4.78, 5) is 0. The Morgan fingerprint density at radius 1 is 0.429 bits per heavy atom. The minimum Gasteiger partial charge on any atom is -2.00 e. The summed E-state index contributed by atoms with van der Waals surface area (Å²) in [6, 6.07) is 0. The maximum atomic E-state index is 0. The van der Waals surface area contributed by atoms with E-state index in [1.165, 1.54) is 0 Å². The quantitative estimate of drug-likeness (QED) is 0.408. The van der Waals surface area contributed by atoms with Crippen molar-refractivity contribution in [3.63, 3.8) is 0 Å². The molecule has 0 saturated carbocycles. The first-order chi connectivity index (χ1) is 0. The van der Waals surface area contributed by atoms with Crippen LogP contribution in [0.4, 0.5) is 0 Å². The van der Waals surface area contributed by atoms with Gasteiger partial charge in [-0.15, -0.1) is 0 Å². The molecule has 7 heteroatoms. The summed E-state index contributed by atoms with van der Waals surface area (Å²) in [7, 11) is 0. The molecule has 0 N–H and O–H groups in total. The molecule has 4 nitrogen and oxygen atoms in total. The van der Waals surface area contributed by atoms with Crippen molar-refractivity contribution in [1.82, 2.24) is 0 Å². The average Bonchev–Trinajstić information content (AvgIpc) is 0. The molecule has 0 aromatic carbocycles. The second-order valence-electron chi connectivity index (χ2n) is 0. The number of rotatable bonds is 0. The summed E-state index contributed by atoms with van der Waals surface area (Å²) in [5.41, 5.74) is 0. The Labute approximate surface area is 84.5 Å². The molecule has 0 aliphatic carbocycles. The largest absolute Gasteiger partial charge is 3.00 e. The van der Waals surface area contributed by atoms with Crippen LogP contribution in [0.2, 0.25) is 0 Å². The van der Waals surface area contributed by atoms with Gasteiger partial charge in [0.15, 0.2) is 0 Å². The van der Waals surface area contributed by atoms with Crippen LogP contribution in [0, 0.1) is 0 Å². The molecule has 0 amide bonds. The van der Waals surface area contributed by atoms with E-state index < -0.39 is 0 Å². The Balaban J connectivity index is 0. The third-order valence-corrected chi connectivity index (χ3v) is 0. The Bertz CT molecular complexity index is 9.65. The SMILES string of the molecule is [Ir+3].[Ir+3].[Mg+2].[O-2].[O-2].[O-2].[O-2]. The molecule has 0 aliphatic heterocycles. The van der Waals surface area contributed by atoms with Crippen LogP contribution in [0.25, 0.3) is 0 Å². The fraction of sp³-hybridized carbons (Fsp3) is 0. The molecule has 7 heavy (non-hydrogen) atoms. The van der Waals surface area contributed by atoms with Gasteiger partial charge in [0.25, 0.3) is 0 Å². The van der Waals surface area contributed by atoms with Crippen LogP contribution in [0.15, 0.2) is 0 Å². The Morgan fingerprint density at radius 3 is 0.429 bits per heavy atom. The first-order valence-electron chi connectivity index (χ1n) is 0. The van der Waals surface area contributed by atoms with Crippen LogP contribution >= 0.6 is 0 Å². The van der Waals surface area contributed by atoms with E-state index >= 15 is 0 Å². The zero-order valence-electron chi connectivity index (χ0n) is 3.01. The predicted molar refractivity (Wildman–Crippen MR) is 8.50 cm³/mol. The molecule has 0 fully saturated rings. The van der Waals surface area contributed by atoms with Crippen LogP contribution in [0.5, 0.6) is 0 Å². The van der Waals surface area contributed by atoms with E-state index in [1.54, 1.807) is 0 Å². The molecule has 0 bridgehead atoms. The third-order valence-electron chi connectivity index (χ3n) is 0. The minimum atomic E-state index is 0. The molecule has 0 aliphatic rings. The molecule has 0 unspecified atom stereocenters. The van der Waals surface area contributed by atoms with Crippen LogP contribution < -0.4 is 0 Å². The molecular weight excluding hydrogens is 473 g/mol. The average molecular weight is 473 g/mol. The minimum absolute atomic E-state index is 0. The van der Waals surface area contributed by atoms with Gasteiger partial charge in [-0.25, -0.2) is 0 Å². The van der Waals surface area contributed by atoms with E-state index in [0.29, 0.717) is 0 Å². The molecule has 0 spiro atoms. The van der Waals surface area contributed by atoms with Gasteiger partial charge in [0.1, 0.15) is 0 Å². The Hall–Kier alpha value is 1.90. The summed E-state index contributed by atoms with van der Waals surface area (Å²) in [5.74, 6) is 0. The number of hydrogen-bond acceptors (Lipinski definition) is 0. The van der Waals surface area contributed by atoms with Crippen molar-refractivity contribution in [3.8, 4) is 0 Å². The zero-order valence-corrected chi connectivity index (χ0v) is 9.21.